The third-order valence-corrected chi connectivity index (χ3v) is 12.1. The number of unbranched alkanes of at least 4 members (excludes halogenated alkanes) is 4. The van der Waals surface area contributed by atoms with Gasteiger partial charge in [-0.25, -0.2) is 4.39 Å². The Kier molecular flexibility index (Phi) is 11.6. The van der Waals surface area contributed by atoms with Gasteiger partial charge in [0.2, 0.25) is 0 Å². The zero-order chi connectivity index (χ0) is 37.7. The Labute approximate surface area is 284 Å². The van der Waals surface area contributed by atoms with E-state index < -0.39 is 59.9 Å². The van der Waals surface area contributed by atoms with Crippen LogP contribution in [-0.2, 0) is 6.42 Å². The molecule has 0 saturated heterocycles. The standard InChI is InChI=1S/C35H47F12NO2/c1-29-20-26(36)28-24-12-11-23(49)19-22(24)18-21(27(28)25(29)13-15-30(29,2)50)10-6-4-8-16-48(3)17-9-5-7-14-31(37,38)32(39,40)33(41,42)34(43,44)35(45,46)47/h11-12,19,21,25-28,49-50H,4-10,13-18,20H2,1-3H3. The van der Waals surface area contributed by atoms with Gasteiger partial charge in [0.25, 0.3) is 0 Å². The molecular formula is C35H47F12NO2. The van der Waals surface area contributed by atoms with Crippen LogP contribution in [0.2, 0.25) is 0 Å². The van der Waals surface area contributed by atoms with E-state index in [0.29, 0.717) is 25.9 Å². The van der Waals surface area contributed by atoms with Crippen LogP contribution in [-0.4, -0.2) is 76.9 Å². The third-order valence-electron chi connectivity index (χ3n) is 12.1. The molecule has 7 unspecified atom stereocenters. The predicted octanol–water partition coefficient (Wildman–Crippen LogP) is 10.3. The molecule has 0 heterocycles. The number of phenolic OH excluding ortho intramolecular Hbond substituents is 1. The van der Waals surface area contributed by atoms with Crippen LogP contribution in [0.5, 0.6) is 5.75 Å². The monoisotopic (exact) mass is 741 g/mol. The SMILES string of the molecule is CN(CCCCCC1Cc2cc(O)ccc2C2C(F)CC3(C)C(CCC3(C)O)C12)CCCCCC(F)(F)C(F)(F)C(F)(F)C(F)(F)C(F)(F)F. The number of alkyl halides is 12. The first kappa shape index (κ1) is 40.9. The van der Waals surface area contributed by atoms with Crippen molar-refractivity contribution in [2.24, 2.45) is 23.2 Å². The molecule has 15 heteroatoms. The number of fused-ring (bicyclic) bond motifs is 5. The number of nitrogens with zero attached hydrogens (tertiary/aromatic N) is 1. The number of benzene rings is 1. The van der Waals surface area contributed by atoms with Crippen molar-refractivity contribution in [3.8, 4) is 5.75 Å². The van der Waals surface area contributed by atoms with Crippen LogP contribution in [0.3, 0.4) is 0 Å². The fourth-order valence-corrected chi connectivity index (χ4v) is 9.03. The average Bonchev–Trinajstić information content (AvgIpc) is 3.22. The summed E-state index contributed by atoms with van der Waals surface area (Å²) in [5.74, 6) is -27.3. The molecule has 4 rings (SSSR count). The van der Waals surface area contributed by atoms with E-state index in [1.807, 2.05) is 24.8 Å². The second kappa shape index (κ2) is 14.2. The summed E-state index contributed by atoms with van der Waals surface area (Å²) >= 11 is 0. The van der Waals surface area contributed by atoms with Crippen molar-refractivity contribution in [1.29, 1.82) is 0 Å². The van der Waals surface area contributed by atoms with Crippen LogP contribution in [0.4, 0.5) is 52.7 Å². The van der Waals surface area contributed by atoms with Gasteiger partial charge in [-0.05, 0) is 119 Å². The van der Waals surface area contributed by atoms with E-state index in [0.717, 1.165) is 43.2 Å². The maximum absolute atomic E-state index is 16.1. The normalized spacial score (nSPS) is 30.7. The molecule has 1 aromatic rings. The van der Waals surface area contributed by atoms with Gasteiger partial charge in [-0.3, -0.25) is 0 Å². The van der Waals surface area contributed by atoms with Gasteiger partial charge >= 0.3 is 29.9 Å². The van der Waals surface area contributed by atoms with Gasteiger partial charge in [0, 0.05) is 17.8 Å². The maximum atomic E-state index is 16.1. The van der Waals surface area contributed by atoms with Gasteiger partial charge in [0.05, 0.1) is 5.60 Å². The quantitative estimate of drug-likeness (QED) is 0.139. The summed E-state index contributed by atoms with van der Waals surface area (Å²) in [6.07, 6.45) is -5.53. The molecule has 3 nitrogen and oxygen atoms in total. The Morgan fingerprint density at radius 2 is 1.42 bits per heavy atom. The van der Waals surface area contributed by atoms with Crippen molar-refractivity contribution in [2.45, 2.75) is 138 Å². The first-order valence-corrected chi connectivity index (χ1v) is 17.3. The number of phenols is 1. The summed E-state index contributed by atoms with van der Waals surface area (Å²) in [5.41, 5.74) is 0.366. The van der Waals surface area contributed by atoms with Crippen molar-refractivity contribution < 1.29 is 62.9 Å². The molecule has 7 atom stereocenters. The van der Waals surface area contributed by atoms with Crippen molar-refractivity contribution >= 4 is 0 Å². The van der Waals surface area contributed by atoms with E-state index in [2.05, 4.69) is 0 Å². The lowest BCUT2D eigenvalue weighted by Gasteiger charge is -2.56. The van der Waals surface area contributed by atoms with Crippen molar-refractivity contribution in [3.05, 3.63) is 29.3 Å². The van der Waals surface area contributed by atoms with Gasteiger partial charge in [0.1, 0.15) is 11.9 Å². The highest BCUT2D eigenvalue weighted by molar-refractivity contribution is 5.41. The lowest BCUT2D eigenvalue weighted by molar-refractivity contribution is -0.422. The van der Waals surface area contributed by atoms with Gasteiger partial charge < -0.3 is 15.1 Å². The fourth-order valence-electron chi connectivity index (χ4n) is 9.03. The maximum Gasteiger partial charge on any atom is 0.460 e. The molecule has 2 N–H and O–H groups in total. The number of hydrogen-bond acceptors (Lipinski definition) is 3. The molecule has 0 amide bonds. The molecule has 3 aliphatic carbocycles. The molecule has 50 heavy (non-hydrogen) atoms. The highest BCUT2D eigenvalue weighted by Gasteiger charge is 2.86. The molecule has 0 bridgehead atoms. The molecule has 0 aliphatic heterocycles. The molecule has 288 valence electrons. The average molecular weight is 742 g/mol. The van der Waals surface area contributed by atoms with E-state index in [1.165, 1.54) is 0 Å². The van der Waals surface area contributed by atoms with E-state index in [-0.39, 0.29) is 48.7 Å². The minimum absolute atomic E-state index is 0.0390. The molecule has 0 aromatic heterocycles. The second-order valence-electron chi connectivity index (χ2n) is 15.4. The lowest BCUT2D eigenvalue weighted by atomic mass is 9.50. The van der Waals surface area contributed by atoms with Crippen LogP contribution in [0.25, 0.3) is 0 Å². The molecule has 0 spiro atoms. The summed E-state index contributed by atoms with van der Waals surface area (Å²) in [5, 5.41) is 21.4. The molecule has 2 fully saturated rings. The molecule has 2 saturated carbocycles. The number of hydrogen-bond donors (Lipinski definition) is 2. The third kappa shape index (κ3) is 7.20. The first-order chi connectivity index (χ1) is 22.8. The van der Waals surface area contributed by atoms with Crippen LogP contribution >= 0.6 is 0 Å². The van der Waals surface area contributed by atoms with Gasteiger partial charge in [-0.2, -0.15) is 48.3 Å². The van der Waals surface area contributed by atoms with Gasteiger partial charge in [-0.1, -0.05) is 32.3 Å². The van der Waals surface area contributed by atoms with Crippen LogP contribution < -0.4 is 0 Å². The summed E-state index contributed by atoms with van der Waals surface area (Å²) < 4.78 is 161. The fraction of sp³-hybridized carbons (Fsp3) is 0.829. The van der Waals surface area contributed by atoms with E-state index in [9.17, 15) is 58.5 Å². The molecule has 3 aliphatic rings. The number of rotatable bonds is 15. The number of aromatic hydroxyl groups is 1. The van der Waals surface area contributed by atoms with Gasteiger partial charge in [0.15, 0.2) is 0 Å². The Bertz CT molecular complexity index is 1320. The van der Waals surface area contributed by atoms with Crippen molar-refractivity contribution in [1.82, 2.24) is 4.90 Å². The summed E-state index contributed by atoms with van der Waals surface area (Å²) in [7, 11) is 1.73. The minimum Gasteiger partial charge on any atom is -0.508 e. The van der Waals surface area contributed by atoms with Crippen LogP contribution in [0.1, 0.15) is 102 Å². The Morgan fingerprint density at radius 3 is 2.02 bits per heavy atom. The Morgan fingerprint density at radius 1 is 0.820 bits per heavy atom. The Balaban J connectivity index is 1.24. The summed E-state index contributed by atoms with van der Waals surface area (Å²) in [4.78, 5) is 1.85. The number of halogens is 12. The van der Waals surface area contributed by atoms with E-state index >= 15 is 4.39 Å². The smallest absolute Gasteiger partial charge is 0.460 e. The zero-order valence-electron chi connectivity index (χ0n) is 28.4. The second-order valence-corrected chi connectivity index (χ2v) is 15.4. The largest absolute Gasteiger partial charge is 0.508 e. The van der Waals surface area contributed by atoms with Crippen LogP contribution in [0, 0.1) is 23.2 Å². The van der Waals surface area contributed by atoms with Crippen LogP contribution in [0.15, 0.2) is 18.2 Å². The molecule has 0 radical (unpaired) electrons. The van der Waals surface area contributed by atoms with Crippen molar-refractivity contribution in [3.63, 3.8) is 0 Å². The van der Waals surface area contributed by atoms with Crippen molar-refractivity contribution in [2.75, 3.05) is 20.1 Å². The summed E-state index contributed by atoms with van der Waals surface area (Å²) in [6.45, 7) is 4.71. The molecular weight excluding hydrogens is 694 g/mol. The highest BCUT2D eigenvalue weighted by atomic mass is 19.4. The predicted molar refractivity (Wildman–Crippen MR) is 163 cm³/mol. The van der Waals surface area contributed by atoms with E-state index in [4.69, 9.17) is 0 Å². The van der Waals surface area contributed by atoms with Gasteiger partial charge in [-0.15, -0.1) is 0 Å². The zero-order valence-corrected chi connectivity index (χ0v) is 28.4. The first-order valence-electron chi connectivity index (χ1n) is 17.3. The number of aliphatic hydroxyl groups is 1. The lowest BCUT2D eigenvalue weighted by Crippen LogP contribution is -2.66. The minimum atomic E-state index is -7.36. The summed E-state index contributed by atoms with van der Waals surface area (Å²) in [6, 6.07) is 5.14. The Hall–Kier alpha value is -1.90. The van der Waals surface area contributed by atoms with E-state index in [1.54, 1.807) is 19.2 Å². The molecule has 1 aromatic carbocycles. The highest BCUT2D eigenvalue weighted by Crippen LogP contribution is 2.66. The topological polar surface area (TPSA) is 43.7 Å².